The number of rotatable bonds is 6. The molecule has 0 atom stereocenters. The van der Waals surface area contributed by atoms with Crippen molar-refractivity contribution in [2.75, 3.05) is 6.54 Å². The molecule has 5 nitrogen and oxygen atoms in total. The maximum absolute atomic E-state index is 13.0. The number of aliphatic imine (C=N–C) groups is 1. The number of aryl methyl sites for hydroxylation is 2. The van der Waals surface area contributed by atoms with E-state index in [-0.39, 0.29) is 5.91 Å². The van der Waals surface area contributed by atoms with E-state index in [1.807, 2.05) is 73.7 Å². The Kier molecular flexibility index (Phi) is 7.15. The van der Waals surface area contributed by atoms with Gasteiger partial charge in [-0.2, -0.15) is 5.26 Å². The molecule has 3 aromatic rings. The molecule has 0 N–H and O–H groups in total. The van der Waals surface area contributed by atoms with Crippen molar-refractivity contribution in [1.82, 2.24) is 4.90 Å². The summed E-state index contributed by atoms with van der Waals surface area (Å²) in [6, 6.07) is 23.2. The Morgan fingerprint density at radius 1 is 1.06 bits per heavy atom. The van der Waals surface area contributed by atoms with E-state index in [0.717, 1.165) is 16.8 Å². The molecule has 0 aromatic heterocycles. The van der Waals surface area contributed by atoms with Crippen molar-refractivity contribution >= 4 is 34.6 Å². The summed E-state index contributed by atoms with van der Waals surface area (Å²) >= 11 is 1.39. The van der Waals surface area contributed by atoms with Gasteiger partial charge in [0.15, 0.2) is 5.17 Å². The minimum Gasteiger partial charge on any atom is -0.489 e. The van der Waals surface area contributed by atoms with Crippen molar-refractivity contribution in [2.45, 2.75) is 27.4 Å². The van der Waals surface area contributed by atoms with E-state index in [4.69, 9.17) is 9.73 Å². The normalized spacial score (nSPS) is 15.7. The molecule has 1 fully saturated rings. The number of carbonyl (C=O) groups is 1. The van der Waals surface area contributed by atoms with E-state index in [2.05, 4.69) is 19.9 Å². The highest BCUT2D eigenvalue weighted by Gasteiger charge is 2.32. The van der Waals surface area contributed by atoms with Gasteiger partial charge in [-0.1, -0.05) is 36.4 Å². The Bertz CT molecular complexity index is 1320. The molecule has 0 aliphatic carbocycles. The SMILES string of the molecule is CCN1C(=O)/C(=C/c2ccc(OCc3ccccc3C#N)cc2)SC1=Nc1ccc(C)c(C)c1. The second-order valence-electron chi connectivity index (χ2n) is 7.95. The Morgan fingerprint density at radius 3 is 2.53 bits per heavy atom. The number of benzene rings is 3. The molecule has 3 aromatic carbocycles. The predicted octanol–water partition coefficient (Wildman–Crippen LogP) is 6.38. The molecule has 1 amide bonds. The third kappa shape index (κ3) is 5.22. The molecule has 0 unspecified atom stereocenters. The lowest BCUT2D eigenvalue weighted by atomic mass is 10.1. The fourth-order valence-electron chi connectivity index (χ4n) is 3.50. The smallest absolute Gasteiger partial charge is 0.266 e. The second-order valence-corrected chi connectivity index (χ2v) is 8.96. The van der Waals surface area contributed by atoms with Crippen LogP contribution in [0.1, 0.15) is 34.7 Å². The summed E-state index contributed by atoms with van der Waals surface area (Å²) in [4.78, 5) is 20.0. The van der Waals surface area contributed by atoms with Gasteiger partial charge in [0.2, 0.25) is 0 Å². The number of amidine groups is 1. The molecule has 6 heteroatoms. The van der Waals surface area contributed by atoms with Crippen LogP contribution in [0.2, 0.25) is 0 Å². The Morgan fingerprint density at radius 2 is 1.82 bits per heavy atom. The first-order valence-corrected chi connectivity index (χ1v) is 11.9. The number of likely N-dealkylation sites (N-methyl/N-ethyl adjacent to an activating group) is 1. The maximum atomic E-state index is 13.0. The minimum atomic E-state index is -0.0384. The summed E-state index contributed by atoms with van der Waals surface area (Å²) in [5.74, 6) is 0.663. The zero-order valence-electron chi connectivity index (χ0n) is 19.4. The van der Waals surface area contributed by atoms with Crippen LogP contribution >= 0.6 is 11.8 Å². The fraction of sp³-hybridized carbons (Fsp3) is 0.179. The van der Waals surface area contributed by atoms with Gasteiger partial charge in [-0.15, -0.1) is 0 Å². The summed E-state index contributed by atoms with van der Waals surface area (Å²) < 4.78 is 5.85. The van der Waals surface area contributed by atoms with Gasteiger partial charge in [0.05, 0.1) is 22.2 Å². The van der Waals surface area contributed by atoms with Gasteiger partial charge in [0, 0.05) is 12.1 Å². The molecular weight excluding hydrogens is 442 g/mol. The molecule has 0 spiro atoms. The topological polar surface area (TPSA) is 65.7 Å². The molecule has 0 bridgehead atoms. The van der Waals surface area contributed by atoms with Gasteiger partial charge in [0.1, 0.15) is 12.4 Å². The lowest BCUT2D eigenvalue weighted by molar-refractivity contribution is -0.122. The molecule has 1 heterocycles. The zero-order valence-corrected chi connectivity index (χ0v) is 20.2. The monoisotopic (exact) mass is 467 g/mol. The van der Waals surface area contributed by atoms with E-state index in [9.17, 15) is 10.1 Å². The second kappa shape index (κ2) is 10.4. The summed E-state index contributed by atoms with van der Waals surface area (Å²) in [5, 5.41) is 9.91. The average Bonchev–Trinajstić information content (AvgIpc) is 3.14. The Hall–Kier alpha value is -3.82. The standard InChI is InChI=1S/C28H25N3O2S/c1-4-31-27(32)26(34-28(31)30-24-12-9-19(2)20(3)15-24)16-21-10-13-25(14-11-21)33-18-23-8-6-5-7-22(23)17-29/h5-16H,4,18H2,1-3H3/b26-16-,30-28?. The molecule has 4 rings (SSSR count). The van der Waals surface area contributed by atoms with Crippen molar-refractivity contribution in [2.24, 2.45) is 4.99 Å². The number of nitrogens with zero attached hydrogens (tertiary/aromatic N) is 3. The highest BCUT2D eigenvalue weighted by Crippen LogP contribution is 2.34. The lowest BCUT2D eigenvalue weighted by Gasteiger charge is -2.12. The van der Waals surface area contributed by atoms with E-state index in [1.165, 1.54) is 22.9 Å². The van der Waals surface area contributed by atoms with Crippen molar-refractivity contribution in [3.05, 3.63) is 99.5 Å². The van der Waals surface area contributed by atoms with Gasteiger partial charge in [-0.05, 0) is 85.6 Å². The Labute approximate surface area is 204 Å². The third-order valence-electron chi connectivity index (χ3n) is 5.63. The number of amides is 1. The minimum absolute atomic E-state index is 0.0384. The van der Waals surface area contributed by atoms with Crippen molar-refractivity contribution in [3.63, 3.8) is 0 Å². The summed E-state index contributed by atoms with van der Waals surface area (Å²) in [6.45, 7) is 6.96. The first-order chi connectivity index (χ1) is 16.5. The van der Waals surface area contributed by atoms with Gasteiger partial charge in [0.25, 0.3) is 5.91 Å². The number of nitriles is 1. The van der Waals surface area contributed by atoms with Crippen LogP contribution in [-0.4, -0.2) is 22.5 Å². The van der Waals surface area contributed by atoms with Crippen LogP contribution in [0.3, 0.4) is 0 Å². The number of thioether (sulfide) groups is 1. The van der Waals surface area contributed by atoms with E-state index in [1.54, 1.807) is 11.0 Å². The summed E-state index contributed by atoms with van der Waals surface area (Å²) in [5.41, 5.74) is 5.60. The van der Waals surface area contributed by atoms with E-state index < -0.39 is 0 Å². The lowest BCUT2D eigenvalue weighted by Crippen LogP contribution is -2.28. The van der Waals surface area contributed by atoms with Gasteiger partial charge < -0.3 is 4.74 Å². The molecule has 0 radical (unpaired) electrons. The highest BCUT2D eigenvalue weighted by molar-refractivity contribution is 8.18. The molecule has 34 heavy (non-hydrogen) atoms. The maximum Gasteiger partial charge on any atom is 0.266 e. The zero-order chi connectivity index (χ0) is 24.1. The number of hydrogen-bond acceptors (Lipinski definition) is 5. The van der Waals surface area contributed by atoms with Crippen LogP contribution in [0.25, 0.3) is 6.08 Å². The first-order valence-electron chi connectivity index (χ1n) is 11.1. The van der Waals surface area contributed by atoms with E-state index >= 15 is 0 Å². The van der Waals surface area contributed by atoms with Crippen molar-refractivity contribution in [3.8, 4) is 11.8 Å². The van der Waals surface area contributed by atoms with Crippen LogP contribution in [-0.2, 0) is 11.4 Å². The fourth-order valence-corrected chi connectivity index (χ4v) is 4.57. The third-order valence-corrected chi connectivity index (χ3v) is 6.64. The first kappa shape index (κ1) is 23.3. The number of hydrogen-bond donors (Lipinski definition) is 0. The molecule has 0 saturated carbocycles. The van der Waals surface area contributed by atoms with Gasteiger partial charge in [-0.25, -0.2) is 4.99 Å². The quantitative estimate of drug-likeness (QED) is 0.395. The number of carbonyl (C=O) groups excluding carboxylic acids is 1. The van der Waals surface area contributed by atoms with Gasteiger partial charge >= 0.3 is 0 Å². The summed E-state index contributed by atoms with van der Waals surface area (Å²) in [6.07, 6.45) is 1.88. The highest BCUT2D eigenvalue weighted by atomic mass is 32.2. The molecule has 1 aliphatic heterocycles. The van der Waals surface area contributed by atoms with Crippen LogP contribution < -0.4 is 4.74 Å². The van der Waals surface area contributed by atoms with Crippen LogP contribution in [0.15, 0.2) is 76.6 Å². The molecule has 170 valence electrons. The van der Waals surface area contributed by atoms with Gasteiger partial charge in [-0.3, -0.25) is 9.69 Å². The van der Waals surface area contributed by atoms with Crippen LogP contribution in [0.5, 0.6) is 5.75 Å². The van der Waals surface area contributed by atoms with Crippen LogP contribution in [0, 0.1) is 25.2 Å². The van der Waals surface area contributed by atoms with Crippen molar-refractivity contribution < 1.29 is 9.53 Å². The Balaban J connectivity index is 1.48. The van der Waals surface area contributed by atoms with E-state index in [0.29, 0.717) is 34.5 Å². The number of ether oxygens (including phenoxy) is 1. The molecular formula is C28H25N3O2S. The van der Waals surface area contributed by atoms with Crippen LogP contribution in [0.4, 0.5) is 5.69 Å². The van der Waals surface area contributed by atoms with Crippen molar-refractivity contribution in [1.29, 1.82) is 5.26 Å². The summed E-state index contributed by atoms with van der Waals surface area (Å²) in [7, 11) is 0. The molecule has 1 aliphatic rings. The average molecular weight is 468 g/mol. The molecule has 1 saturated heterocycles. The largest absolute Gasteiger partial charge is 0.489 e. The predicted molar refractivity (Wildman–Crippen MR) is 138 cm³/mol.